The van der Waals surface area contributed by atoms with E-state index in [1.165, 1.54) is 11.1 Å². The van der Waals surface area contributed by atoms with Gasteiger partial charge in [0.05, 0.1) is 12.6 Å². The second kappa shape index (κ2) is 3.25. The van der Waals surface area contributed by atoms with Crippen LogP contribution in [0.3, 0.4) is 0 Å². The molecule has 1 N–H and O–H groups in total. The summed E-state index contributed by atoms with van der Waals surface area (Å²) in [5.41, 5.74) is 5.63. The van der Waals surface area contributed by atoms with Crippen molar-refractivity contribution in [1.29, 1.82) is 0 Å². The van der Waals surface area contributed by atoms with E-state index in [0.717, 1.165) is 13.0 Å². The minimum atomic E-state index is 0.393. The van der Waals surface area contributed by atoms with Crippen molar-refractivity contribution in [2.24, 2.45) is 0 Å². The summed E-state index contributed by atoms with van der Waals surface area (Å²) in [6.07, 6.45) is 1.07. The van der Waals surface area contributed by atoms with Crippen LogP contribution < -0.4 is 5.48 Å². The summed E-state index contributed by atoms with van der Waals surface area (Å²) in [5.74, 6) is 0. The Morgan fingerprint density at radius 2 is 2.42 bits per heavy atom. The van der Waals surface area contributed by atoms with E-state index in [2.05, 4.69) is 36.7 Å². The van der Waals surface area contributed by atoms with Gasteiger partial charge in [-0.05, 0) is 18.9 Å². The van der Waals surface area contributed by atoms with E-state index < -0.39 is 0 Å². The summed E-state index contributed by atoms with van der Waals surface area (Å²) < 4.78 is 0. The van der Waals surface area contributed by atoms with Gasteiger partial charge in [0.2, 0.25) is 0 Å². The summed E-state index contributed by atoms with van der Waals surface area (Å²) in [4.78, 5) is 5.10. The maximum absolute atomic E-state index is 5.10. The van der Waals surface area contributed by atoms with Gasteiger partial charge in [0.25, 0.3) is 0 Å². The number of hydroxylamine groups is 1. The monoisotopic (exact) mass is 163 g/mol. The van der Waals surface area contributed by atoms with Crippen molar-refractivity contribution >= 4 is 0 Å². The fourth-order valence-corrected chi connectivity index (χ4v) is 1.52. The third-order valence-electron chi connectivity index (χ3n) is 2.18. The standard InChI is InChI=1S/C10H13NO/c1-8-3-2-4-9(7-8)10-5-6-12-11-10/h2-4,7,10-11H,5-6H2,1H3/t10-/m1/s1. The van der Waals surface area contributed by atoms with Gasteiger partial charge in [0.15, 0.2) is 0 Å². The Morgan fingerprint density at radius 1 is 1.50 bits per heavy atom. The van der Waals surface area contributed by atoms with Crippen molar-refractivity contribution in [2.45, 2.75) is 19.4 Å². The Hall–Kier alpha value is -0.860. The molecule has 0 aliphatic carbocycles. The molecule has 1 fully saturated rings. The number of hydrogen-bond donors (Lipinski definition) is 1. The van der Waals surface area contributed by atoms with Gasteiger partial charge in [-0.3, -0.25) is 0 Å². The SMILES string of the molecule is Cc1cccc([C@H]2CCON2)c1. The molecule has 1 atom stereocenters. The zero-order valence-electron chi connectivity index (χ0n) is 7.21. The lowest BCUT2D eigenvalue weighted by Gasteiger charge is -2.08. The van der Waals surface area contributed by atoms with Gasteiger partial charge in [-0.15, -0.1) is 0 Å². The quantitative estimate of drug-likeness (QED) is 0.683. The minimum absolute atomic E-state index is 0.393. The highest BCUT2D eigenvalue weighted by atomic mass is 16.7. The maximum atomic E-state index is 5.10. The third kappa shape index (κ3) is 1.49. The van der Waals surface area contributed by atoms with Gasteiger partial charge in [-0.25, -0.2) is 0 Å². The van der Waals surface area contributed by atoms with Crippen LogP contribution in [0.25, 0.3) is 0 Å². The van der Waals surface area contributed by atoms with E-state index in [-0.39, 0.29) is 0 Å². The van der Waals surface area contributed by atoms with Gasteiger partial charge in [-0.2, -0.15) is 5.48 Å². The summed E-state index contributed by atoms with van der Waals surface area (Å²) in [6, 6.07) is 8.93. The molecule has 1 aromatic rings. The van der Waals surface area contributed by atoms with Crippen LogP contribution in [0.4, 0.5) is 0 Å². The molecule has 1 aliphatic rings. The highest BCUT2D eigenvalue weighted by Crippen LogP contribution is 2.21. The van der Waals surface area contributed by atoms with Gasteiger partial charge in [-0.1, -0.05) is 29.8 Å². The van der Waals surface area contributed by atoms with Crippen LogP contribution in [0.15, 0.2) is 24.3 Å². The maximum Gasteiger partial charge on any atom is 0.0701 e. The average Bonchev–Trinajstić information content (AvgIpc) is 2.56. The molecule has 0 spiro atoms. The first kappa shape index (κ1) is 7.77. The summed E-state index contributed by atoms with van der Waals surface area (Å²) in [5, 5.41) is 0. The Labute approximate surface area is 72.5 Å². The Kier molecular flexibility index (Phi) is 2.11. The fourth-order valence-electron chi connectivity index (χ4n) is 1.52. The first-order chi connectivity index (χ1) is 5.86. The number of rotatable bonds is 1. The van der Waals surface area contributed by atoms with E-state index in [1.54, 1.807) is 0 Å². The number of aryl methyl sites for hydroxylation is 1. The van der Waals surface area contributed by atoms with Crippen molar-refractivity contribution in [3.8, 4) is 0 Å². The molecular formula is C10H13NO. The van der Waals surface area contributed by atoms with E-state index >= 15 is 0 Å². The molecule has 2 nitrogen and oxygen atoms in total. The summed E-state index contributed by atoms with van der Waals surface area (Å²) >= 11 is 0. The molecule has 2 rings (SSSR count). The smallest absolute Gasteiger partial charge is 0.0701 e. The van der Waals surface area contributed by atoms with E-state index in [4.69, 9.17) is 4.84 Å². The average molecular weight is 163 g/mol. The van der Waals surface area contributed by atoms with Crippen molar-refractivity contribution in [3.63, 3.8) is 0 Å². The fraction of sp³-hybridized carbons (Fsp3) is 0.400. The zero-order valence-corrected chi connectivity index (χ0v) is 7.21. The molecule has 1 heterocycles. The molecule has 0 saturated carbocycles. The Morgan fingerprint density at radius 3 is 3.08 bits per heavy atom. The molecule has 2 heteroatoms. The van der Waals surface area contributed by atoms with Crippen LogP contribution in [-0.2, 0) is 4.84 Å². The van der Waals surface area contributed by atoms with Gasteiger partial charge >= 0.3 is 0 Å². The molecule has 1 aromatic carbocycles. The first-order valence-electron chi connectivity index (χ1n) is 4.30. The second-order valence-corrected chi connectivity index (χ2v) is 3.22. The van der Waals surface area contributed by atoms with Crippen LogP contribution >= 0.6 is 0 Å². The molecule has 1 aliphatic heterocycles. The Balaban J connectivity index is 2.21. The van der Waals surface area contributed by atoms with E-state index in [1.807, 2.05) is 0 Å². The van der Waals surface area contributed by atoms with Crippen molar-refractivity contribution in [1.82, 2.24) is 5.48 Å². The molecule has 0 radical (unpaired) electrons. The molecule has 1 saturated heterocycles. The second-order valence-electron chi connectivity index (χ2n) is 3.22. The van der Waals surface area contributed by atoms with Gasteiger partial charge < -0.3 is 4.84 Å². The first-order valence-corrected chi connectivity index (χ1v) is 4.30. The number of nitrogens with one attached hydrogen (secondary N) is 1. The molecule has 0 aromatic heterocycles. The lowest BCUT2D eigenvalue weighted by molar-refractivity contribution is 0.0883. The Bertz CT molecular complexity index is 266. The largest absolute Gasteiger partial charge is 0.301 e. The lowest BCUT2D eigenvalue weighted by atomic mass is 10.0. The molecular weight excluding hydrogens is 150 g/mol. The zero-order chi connectivity index (χ0) is 8.39. The predicted octanol–water partition coefficient (Wildman–Crippen LogP) is 1.96. The topological polar surface area (TPSA) is 21.3 Å². The van der Waals surface area contributed by atoms with Crippen LogP contribution in [0.2, 0.25) is 0 Å². The van der Waals surface area contributed by atoms with Crippen LogP contribution in [0.1, 0.15) is 23.6 Å². The number of hydrogen-bond acceptors (Lipinski definition) is 2. The van der Waals surface area contributed by atoms with E-state index in [0.29, 0.717) is 6.04 Å². The highest BCUT2D eigenvalue weighted by Gasteiger charge is 2.16. The molecule has 0 unspecified atom stereocenters. The van der Waals surface area contributed by atoms with Crippen LogP contribution in [-0.4, -0.2) is 6.61 Å². The predicted molar refractivity (Wildman–Crippen MR) is 47.6 cm³/mol. The highest BCUT2D eigenvalue weighted by molar-refractivity contribution is 5.25. The minimum Gasteiger partial charge on any atom is -0.301 e. The van der Waals surface area contributed by atoms with Crippen molar-refractivity contribution in [3.05, 3.63) is 35.4 Å². The molecule has 12 heavy (non-hydrogen) atoms. The van der Waals surface area contributed by atoms with Crippen LogP contribution in [0, 0.1) is 6.92 Å². The summed E-state index contributed by atoms with van der Waals surface area (Å²) in [7, 11) is 0. The number of benzene rings is 1. The molecule has 0 amide bonds. The summed E-state index contributed by atoms with van der Waals surface area (Å²) in [6.45, 7) is 2.93. The normalized spacial score (nSPS) is 22.9. The van der Waals surface area contributed by atoms with E-state index in [9.17, 15) is 0 Å². The third-order valence-corrected chi connectivity index (χ3v) is 2.18. The van der Waals surface area contributed by atoms with Crippen LogP contribution in [0.5, 0.6) is 0 Å². The van der Waals surface area contributed by atoms with Crippen molar-refractivity contribution < 1.29 is 4.84 Å². The molecule has 0 bridgehead atoms. The van der Waals surface area contributed by atoms with Gasteiger partial charge in [0, 0.05) is 0 Å². The van der Waals surface area contributed by atoms with Crippen molar-refractivity contribution in [2.75, 3.05) is 6.61 Å². The lowest BCUT2D eigenvalue weighted by Crippen LogP contribution is -2.11. The van der Waals surface area contributed by atoms with Gasteiger partial charge in [0.1, 0.15) is 0 Å². The molecule has 64 valence electrons.